The van der Waals surface area contributed by atoms with E-state index in [1.807, 2.05) is 10.9 Å². The van der Waals surface area contributed by atoms with Crippen LogP contribution in [0.15, 0.2) is 12.4 Å². The van der Waals surface area contributed by atoms with E-state index in [0.717, 1.165) is 12.6 Å². The van der Waals surface area contributed by atoms with Crippen LogP contribution in [0, 0.1) is 6.92 Å². The summed E-state index contributed by atoms with van der Waals surface area (Å²) in [7, 11) is 0. The van der Waals surface area contributed by atoms with Gasteiger partial charge in [-0.3, -0.25) is 4.68 Å². The average molecular weight is 179 g/mol. The molecule has 1 aliphatic rings. The molecule has 0 aliphatic heterocycles. The summed E-state index contributed by atoms with van der Waals surface area (Å²) < 4.78 is 2.03. The predicted octanol–water partition coefficient (Wildman–Crippen LogP) is 1.50. The molecule has 1 fully saturated rings. The first-order valence-electron chi connectivity index (χ1n) is 5.00. The summed E-state index contributed by atoms with van der Waals surface area (Å²) in [6, 6.07) is 1.26. The number of rotatable bonds is 4. The van der Waals surface area contributed by atoms with Crippen LogP contribution < -0.4 is 5.32 Å². The Hall–Kier alpha value is -0.830. The molecule has 3 heteroatoms. The zero-order valence-electron chi connectivity index (χ0n) is 8.33. The van der Waals surface area contributed by atoms with Crippen molar-refractivity contribution in [2.45, 2.75) is 38.8 Å². The highest BCUT2D eigenvalue weighted by Gasteiger charge is 2.21. The molecule has 0 amide bonds. The van der Waals surface area contributed by atoms with Gasteiger partial charge in [-0.2, -0.15) is 5.10 Å². The minimum atomic E-state index is 0.467. The van der Waals surface area contributed by atoms with E-state index in [4.69, 9.17) is 0 Å². The van der Waals surface area contributed by atoms with Crippen LogP contribution in [0.5, 0.6) is 0 Å². The number of aromatic nitrogens is 2. The highest BCUT2D eigenvalue weighted by Crippen LogP contribution is 2.19. The van der Waals surface area contributed by atoms with Gasteiger partial charge >= 0.3 is 0 Å². The lowest BCUT2D eigenvalue weighted by Gasteiger charge is -2.12. The fourth-order valence-corrected chi connectivity index (χ4v) is 1.39. The van der Waals surface area contributed by atoms with E-state index in [1.165, 1.54) is 18.4 Å². The maximum atomic E-state index is 4.29. The van der Waals surface area contributed by atoms with Crippen molar-refractivity contribution in [2.75, 3.05) is 6.54 Å². The van der Waals surface area contributed by atoms with E-state index in [2.05, 4.69) is 30.5 Å². The number of hydrogen-bond acceptors (Lipinski definition) is 2. The molecule has 2 rings (SSSR count). The van der Waals surface area contributed by atoms with Crippen molar-refractivity contribution >= 4 is 0 Å². The molecule has 72 valence electrons. The largest absolute Gasteiger partial charge is 0.312 e. The van der Waals surface area contributed by atoms with Crippen LogP contribution in [-0.4, -0.2) is 22.4 Å². The van der Waals surface area contributed by atoms with Gasteiger partial charge in [-0.15, -0.1) is 0 Å². The van der Waals surface area contributed by atoms with Crippen molar-refractivity contribution < 1.29 is 0 Å². The highest BCUT2D eigenvalue weighted by molar-refractivity contribution is 5.00. The van der Waals surface area contributed by atoms with E-state index in [0.29, 0.717) is 6.04 Å². The Morgan fingerprint density at radius 3 is 3.00 bits per heavy atom. The molecule has 0 spiro atoms. The summed E-state index contributed by atoms with van der Waals surface area (Å²) in [5, 5.41) is 7.79. The molecule has 1 aromatic heterocycles. The van der Waals surface area contributed by atoms with Crippen LogP contribution in [0.3, 0.4) is 0 Å². The third-order valence-electron chi connectivity index (χ3n) is 2.46. The Morgan fingerprint density at radius 1 is 1.69 bits per heavy atom. The molecule has 1 heterocycles. The molecular formula is C10H17N3. The molecular weight excluding hydrogens is 162 g/mol. The Kier molecular flexibility index (Phi) is 2.36. The molecule has 1 unspecified atom stereocenters. The average Bonchev–Trinajstić information content (AvgIpc) is 2.84. The van der Waals surface area contributed by atoms with Crippen LogP contribution in [0.4, 0.5) is 0 Å². The maximum absolute atomic E-state index is 4.29. The van der Waals surface area contributed by atoms with Crippen molar-refractivity contribution in [1.82, 2.24) is 15.1 Å². The van der Waals surface area contributed by atoms with E-state index in [1.54, 1.807) is 0 Å². The Labute approximate surface area is 79.1 Å². The Morgan fingerprint density at radius 2 is 2.46 bits per heavy atom. The van der Waals surface area contributed by atoms with Gasteiger partial charge in [-0.25, -0.2) is 0 Å². The highest BCUT2D eigenvalue weighted by atomic mass is 15.3. The smallest absolute Gasteiger partial charge is 0.0615 e. The second kappa shape index (κ2) is 3.50. The van der Waals surface area contributed by atoms with Crippen LogP contribution in [0.2, 0.25) is 0 Å². The molecule has 3 nitrogen and oxygen atoms in total. The summed E-state index contributed by atoms with van der Waals surface area (Å²) >= 11 is 0. The fraction of sp³-hybridized carbons (Fsp3) is 0.700. The van der Waals surface area contributed by atoms with Gasteiger partial charge in [0.1, 0.15) is 0 Å². The lowest BCUT2D eigenvalue weighted by atomic mass is 10.3. The predicted molar refractivity (Wildman–Crippen MR) is 52.7 cm³/mol. The minimum absolute atomic E-state index is 0.467. The first-order chi connectivity index (χ1) is 6.25. The molecule has 1 aromatic rings. The van der Waals surface area contributed by atoms with E-state index in [9.17, 15) is 0 Å². The van der Waals surface area contributed by atoms with Crippen LogP contribution >= 0.6 is 0 Å². The number of aryl methyl sites for hydroxylation is 1. The SMILES string of the molecule is Cc1cnn(C(C)CNC2CC2)c1. The molecule has 0 radical (unpaired) electrons. The summed E-state index contributed by atoms with van der Waals surface area (Å²) in [5.41, 5.74) is 1.23. The van der Waals surface area contributed by atoms with Crippen molar-refractivity contribution in [2.24, 2.45) is 0 Å². The molecule has 0 saturated heterocycles. The van der Waals surface area contributed by atoms with Gasteiger partial charge in [-0.05, 0) is 32.3 Å². The lowest BCUT2D eigenvalue weighted by molar-refractivity contribution is 0.452. The van der Waals surface area contributed by atoms with Crippen molar-refractivity contribution in [1.29, 1.82) is 0 Å². The van der Waals surface area contributed by atoms with E-state index < -0.39 is 0 Å². The van der Waals surface area contributed by atoms with E-state index in [-0.39, 0.29) is 0 Å². The zero-order chi connectivity index (χ0) is 9.26. The first kappa shape index (κ1) is 8.75. The third kappa shape index (κ3) is 2.31. The molecule has 13 heavy (non-hydrogen) atoms. The second-order valence-electron chi connectivity index (χ2n) is 4.03. The molecule has 0 aromatic carbocycles. The molecule has 1 aliphatic carbocycles. The topological polar surface area (TPSA) is 29.9 Å². The van der Waals surface area contributed by atoms with Crippen molar-refractivity contribution in [3.8, 4) is 0 Å². The van der Waals surface area contributed by atoms with E-state index >= 15 is 0 Å². The van der Waals surface area contributed by atoms with Crippen molar-refractivity contribution in [3.63, 3.8) is 0 Å². The summed E-state index contributed by atoms with van der Waals surface area (Å²) in [5.74, 6) is 0. The van der Waals surface area contributed by atoms with Crippen LogP contribution in [0.25, 0.3) is 0 Å². The minimum Gasteiger partial charge on any atom is -0.312 e. The lowest BCUT2D eigenvalue weighted by Crippen LogP contribution is -2.25. The Balaban J connectivity index is 1.84. The Bertz CT molecular complexity index is 275. The van der Waals surface area contributed by atoms with Crippen LogP contribution in [-0.2, 0) is 0 Å². The molecule has 1 atom stereocenters. The second-order valence-corrected chi connectivity index (χ2v) is 4.03. The molecule has 0 bridgehead atoms. The fourth-order valence-electron chi connectivity index (χ4n) is 1.39. The third-order valence-corrected chi connectivity index (χ3v) is 2.46. The van der Waals surface area contributed by atoms with Gasteiger partial charge in [-0.1, -0.05) is 0 Å². The summed E-state index contributed by atoms with van der Waals surface area (Å²) in [6.07, 6.45) is 6.71. The molecule has 1 saturated carbocycles. The number of nitrogens with zero attached hydrogens (tertiary/aromatic N) is 2. The molecule has 1 N–H and O–H groups in total. The van der Waals surface area contributed by atoms with Gasteiger partial charge < -0.3 is 5.32 Å². The van der Waals surface area contributed by atoms with Crippen LogP contribution in [0.1, 0.15) is 31.4 Å². The number of hydrogen-bond donors (Lipinski definition) is 1. The van der Waals surface area contributed by atoms with Gasteiger partial charge in [0.05, 0.1) is 12.2 Å². The van der Waals surface area contributed by atoms with Gasteiger partial charge in [0, 0.05) is 18.8 Å². The van der Waals surface area contributed by atoms with Crippen molar-refractivity contribution in [3.05, 3.63) is 18.0 Å². The quantitative estimate of drug-likeness (QED) is 0.759. The first-order valence-corrected chi connectivity index (χ1v) is 5.00. The summed E-state index contributed by atoms with van der Waals surface area (Å²) in [4.78, 5) is 0. The van der Waals surface area contributed by atoms with Gasteiger partial charge in [0.2, 0.25) is 0 Å². The maximum Gasteiger partial charge on any atom is 0.0615 e. The van der Waals surface area contributed by atoms with Gasteiger partial charge in [0.25, 0.3) is 0 Å². The van der Waals surface area contributed by atoms with Gasteiger partial charge in [0.15, 0.2) is 0 Å². The standard InChI is InChI=1S/C10H17N3/c1-8-5-12-13(7-8)9(2)6-11-10-3-4-10/h5,7,9-11H,3-4,6H2,1-2H3. The number of nitrogens with one attached hydrogen (secondary N) is 1. The zero-order valence-corrected chi connectivity index (χ0v) is 8.33. The summed E-state index contributed by atoms with van der Waals surface area (Å²) in [6.45, 7) is 5.30. The monoisotopic (exact) mass is 179 g/mol. The normalized spacial score (nSPS) is 18.9.